The van der Waals surface area contributed by atoms with E-state index in [0.717, 1.165) is 43.0 Å². The number of likely N-dealkylation sites (tertiary alicyclic amines) is 2. The van der Waals surface area contributed by atoms with Gasteiger partial charge in [-0.25, -0.2) is 0 Å². The predicted molar refractivity (Wildman–Crippen MR) is 99.8 cm³/mol. The molecule has 4 heteroatoms. The number of amides is 1. The van der Waals surface area contributed by atoms with Gasteiger partial charge >= 0.3 is 0 Å². The molecule has 25 heavy (non-hydrogen) atoms. The topological polar surface area (TPSA) is 36.4 Å². The van der Waals surface area contributed by atoms with E-state index in [-0.39, 0.29) is 5.91 Å². The summed E-state index contributed by atoms with van der Waals surface area (Å²) in [7, 11) is 2.16. The van der Waals surface area contributed by atoms with Crippen LogP contribution >= 0.6 is 0 Å². The number of fused-ring (bicyclic) bond motifs is 1. The highest BCUT2D eigenvalue weighted by Gasteiger charge is 2.39. The van der Waals surface area contributed by atoms with Crippen LogP contribution < -0.4 is 0 Å². The predicted octanol–water partition coefficient (Wildman–Crippen LogP) is 2.78. The van der Waals surface area contributed by atoms with Crippen LogP contribution in [0.15, 0.2) is 54.7 Å². The molecule has 0 spiro atoms. The van der Waals surface area contributed by atoms with Crippen molar-refractivity contribution < 1.29 is 4.79 Å². The minimum Gasteiger partial charge on any atom is -0.338 e. The van der Waals surface area contributed by atoms with Gasteiger partial charge in [0.2, 0.25) is 5.91 Å². The maximum absolute atomic E-state index is 12.4. The van der Waals surface area contributed by atoms with E-state index in [1.54, 1.807) is 6.08 Å². The van der Waals surface area contributed by atoms with E-state index in [1.807, 2.05) is 59.6 Å². The van der Waals surface area contributed by atoms with Crippen molar-refractivity contribution in [2.24, 2.45) is 11.8 Å². The van der Waals surface area contributed by atoms with Crippen LogP contribution in [0, 0.1) is 11.8 Å². The normalized spacial score (nSPS) is 23.3. The molecule has 0 N–H and O–H groups in total. The first kappa shape index (κ1) is 16.0. The molecule has 1 aromatic carbocycles. The van der Waals surface area contributed by atoms with Crippen molar-refractivity contribution in [3.05, 3.63) is 60.3 Å². The highest BCUT2D eigenvalue weighted by atomic mass is 16.2. The molecule has 2 unspecified atom stereocenters. The molecule has 2 aliphatic rings. The summed E-state index contributed by atoms with van der Waals surface area (Å²) in [4.78, 5) is 21.3. The van der Waals surface area contributed by atoms with Crippen molar-refractivity contribution >= 4 is 12.0 Å². The van der Waals surface area contributed by atoms with E-state index in [9.17, 15) is 4.79 Å². The lowest BCUT2D eigenvalue weighted by molar-refractivity contribution is -0.125. The molecule has 1 aromatic heterocycles. The van der Waals surface area contributed by atoms with Gasteiger partial charge in [0.25, 0.3) is 0 Å². The van der Waals surface area contributed by atoms with Crippen molar-refractivity contribution in [1.82, 2.24) is 14.8 Å². The molecule has 2 aromatic rings. The molecule has 3 heterocycles. The third-order valence-electron chi connectivity index (χ3n) is 5.25. The summed E-state index contributed by atoms with van der Waals surface area (Å²) in [5, 5.41) is 0. The number of benzene rings is 1. The second-order valence-electron chi connectivity index (χ2n) is 7.16. The summed E-state index contributed by atoms with van der Waals surface area (Å²) in [5.41, 5.74) is 3.00. The van der Waals surface area contributed by atoms with Crippen molar-refractivity contribution in [3.63, 3.8) is 0 Å². The molecule has 4 nitrogen and oxygen atoms in total. The number of pyridine rings is 1. The molecule has 4 rings (SSSR count). The monoisotopic (exact) mass is 333 g/mol. The van der Waals surface area contributed by atoms with Crippen LogP contribution in [-0.2, 0) is 4.79 Å². The maximum atomic E-state index is 12.4. The fraction of sp³-hybridized carbons (Fsp3) is 0.333. The Hall–Kier alpha value is -2.46. The summed E-state index contributed by atoms with van der Waals surface area (Å²) in [6.45, 7) is 4.01. The zero-order valence-electron chi connectivity index (χ0n) is 14.5. The van der Waals surface area contributed by atoms with Gasteiger partial charge in [-0.05, 0) is 36.6 Å². The van der Waals surface area contributed by atoms with Gasteiger partial charge in [0.15, 0.2) is 0 Å². The number of hydrogen-bond acceptors (Lipinski definition) is 3. The van der Waals surface area contributed by atoms with Crippen LogP contribution in [0.4, 0.5) is 0 Å². The molecule has 0 saturated carbocycles. The largest absolute Gasteiger partial charge is 0.338 e. The van der Waals surface area contributed by atoms with E-state index in [1.165, 1.54) is 0 Å². The summed E-state index contributed by atoms with van der Waals surface area (Å²) in [5.74, 6) is 1.41. The smallest absolute Gasteiger partial charge is 0.246 e. The fourth-order valence-electron chi connectivity index (χ4n) is 3.96. The molecular weight excluding hydrogens is 310 g/mol. The Balaban J connectivity index is 1.38. The van der Waals surface area contributed by atoms with Crippen molar-refractivity contribution in [2.75, 3.05) is 33.2 Å². The summed E-state index contributed by atoms with van der Waals surface area (Å²) >= 11 is 0. The first-order chi connectivity index (χ1) is 12.2. The Morgan fingerprint density at radius 1 is 1.04 bits per heavy atom. The third kappa shape index (κ3) is 3.49. The number of carbonyl (C=O) groups excluding carboxylic acids is 1. The number of rotatable bonds is 3. The standard InChI is InChI=1S/C21H23N3O/c1-23-12-18-14-24(15-19(18)13-23)21(25)10-8-16-7-9-20(22-11-16)17-5-3-2-4-6-17/h2-11,18-19H,12-15H2,1H3/b10-8+. The van der Waals surface area contributed by atoms with E-state index < -0.39 is 0 Å². The Bertz CT molecular complexity index is 755. The van der Waals surface area contributed by atoms with Crippen molar-refractivity contribution in [2.45, 2.75) is 0 Å². The van der Waals surface area contributed by atoms with Gasteiger partial charge in [-0.3, -0.25) is 9.78 Å². The number of aromatic nitrogens is 1. The van der Waals surface area contributed by atoms with Gasteiger partial charge in [-0.2, -0.15) is 0 Å². The quantitative estimate of drug-likeness (QED) is 0.811. The van der Waals surface area contributed by atoms with E-state index >= 15 is 0 Å². The number of nitrogens with zero attached hydrogens (tertiary/aromatic N) is 3. The van der Waals surface area contributed by atoms with Crippen LogP contribution in [-0.4, -0.2) is 53.9 Å². The van der Waals surface area contributed by atoms with Crippen LogP contribution in [0.1, 0.15) is 5.56 Å². The number of carbonyl (C=O) groups is 1. The summed E-state index contributed by atoms with van der Waals surface area (Å²) in [6.07, 6.45) is 5.37. The van der Waals surface area contributed by atoms with Gasteiger partial charge in [-0.15, -0.1) is 0 Å². The Morgan fingerprint density at radius 2 is 1.76 bits per heavy atom. The molecular formula is C21H23N3O. The average molecular weight is 333 g/mol. The second-order valence-corrected chi connectivity index (χ2v) is 7.16. The summed E-state index contributed by atoms with van der Waals surface area (Å²) < 4.78 is 0. The SMILES string of the molecule is CN1CC2CN(C(=O)/C=C/c3ccc(-c4ccccc4)nc3)CC2C1. The van der Waals surface area contributed by atoms with E-state index in [0.29, 0.717) is 11.8 Å². The lowest BCUT2D eigenvalue weighted by Crippen LogP contribution is -2.31. The lowest BCUT2D eigenvalue weighted by atomic mass is 10.0. The molecule has 2 fully saturated rings. The summed E-state index contributed by atoms with van der Waals surface area (Å²) in [6, 6.07) is 14.1. The number of hydrogen-bond donors (Lipinski definition) is 0. The zero-order valence-corrected chi connectivity index (χ0v) is 14.5. The van der Waals surface area contributed by atoms with Gasteiger partial charge in [-0.1, -0.05) is 36.4 Å². The second kappa shape index (κ2) is 6.81. The van der Waals surface area contributed by atoms with Gasteiger partial charge in [0.1, 0.15) is 0 Å². The first-order valence-electron chi connectivity index (χ1n) is 8.86. The Kier molecular flexibility index (Phi) is 4.36. The Morgan fingerprint density at radius 3 is 2.40 bits per heavy atom. The minimum atomic E-state index is 0.115. The first-order valence-corrected chi connectivity index (χ1v) is 8.86. The molecule has 0 bridgehead atoms. The van der Waals surface area contributed by atoms with Gasteiger partial charge < -0.3 is 9.80 Å². The van der Waals surface area contributed by atoms with Crippen molar-refractivity contribution in [1.29, 1.82) is 0 Å². The van der Waals surface area contributed by atoms with Crippen LogP contribution in [0.2, 0.25) is 0 Å². The van der Waals surface area contributed by atoms with E-state index in [2.05, 4.69) is 16.9 Å². The molecule has 2 saturated heterocycles. The van der Waals surface area contributed by atoms with E-state index in [4.69, 9.17) is 0 Å². The van der Waals surface area contributed by atoms with Crippen LogP contribution in [0.3, 0.4) is 0 Å². The minimum absolute atomic E-state index is 0.115. The molecule has 0 radical (unpaired) electrons. The molecule has 2 atom stereocenters. The van der Waals surface area contributed by atoms with Crippen LogP contribution in [0.5, 0.6) is 0 Å². The maximum Gasteiger partial charge on any atom is 0.246 e. The average Bonchev–Trinajstić information content (AvgIpc) is 3.18. The highest BCUT2D eigenvalue weighted by molar-refractivity contribution is 5.92. The Labute approximate surface area is 148 Å². The third-order valence-corrected chi connectivity index (χ3v) is 5.25. The molecule has 1 amide bonds. The van der Waals surface area contributed by atoms with Crippen molar-refractivity contribution in [3.8, 4) is 11.3 Å². The van der Waals surface area contributed by atoms with Crippen LogP contribution in [0.25, 0.3) is 17.3 Å². The lowest BCUT2D eigenvalue weighted by Gasteiger charge is -2.17. The molecule has 0 aliphatic carbocycles. The molecule has 128 valence electrons. The van der Waals surface area contributed by atoms with Gasteiger partial charge in [0, 0.05) is 44.0 Å². The van der Waals surface area contributed by atoms with Gasteiger partial charge in [0.05, 0.1) is 5.69 Å². The molecule has 2 aliphatic heterocycles. The zero-order chi connectivity index (χ0) is 17.2. The highest BCUT2D eigenvalue weighted by Crippen LogP contribution is 2.30. The fourth-order valence-corrected chi connectivity index (χ4v) is 3.96.